The first-order valence-electron chi connectivity index (χ1n) is 8.21. The van der Waals surface area contributed by atoms with E-state index in [4.69, 9.17) is 11.6 Å². The lowest BCUT2D eigenvalue weighted by Crippen LogP contribution is -2.33. The molecule has 0 bridgehead atoms. The smallest absolute Gasteiger partial charge is 0.123 e. The summed E-state index contributed by atoms with van der Waals surface area (Å²) in [5.41, 5.74) is 0.970. The molecule has 1 aromatic carbocycles. The van der Waals surface area contributed by atoms with Crippen LogP contribution < -0.4 is 5.32 Å². The Labute approximate surface area is 133 Å². The molecule has 1 aliphatic rings. The van der Waals surface area contributed by atoms with Gasteiger partial charge in [0.1, 0.15) is 5.82 Å². The second kappa shape index (κ2) is 8.14. The Morgan fingerprint density at radius 3 is 2.67 bits per heavy atom. The highest BCUT2D eigenvalue weighted by Gasteiger charge is 2.25. The van der Waals surface area contributed by atoms with Crippen LogP contribution in [-0.4, -0.2) is 13.1 Å². The molecule has 21 heavy (non-hydrogen) atoms. The SMILES string of the molecule is CC(C)CNCC1CCCCC1Cc1cc(F)ccc1Cl. The largest absolute Gasteiger partial charge is 0.316 e. The van der Waals surface area contributed by atoms with Gasteiger partial charge in [0.2, 0.25) is 0 Å². The van der Waals surface area contributed by atoms with Crippen LogP contribution in [0.25, 0.3) is 0 Å². The van der Waals surface area contributed by atoms with Crippen LogP contribution in [0, 0.1) is 23.6 Å². The predicted octanol–water partition coefficient (Wildman–Crippen LogP) is 5.07. The predicted molar refractivity (Wildman–Crippen MR) is 88.3 cm³/mol. The molecule has 1 aliphatic carbocycles. The van der Waals surface area contributed by atoms with Gasteiger partial charge < -0.3 is 5.32 Å². The molecule has 0 radical (unpaired) electrons. The summed E-state index contributed by atoms with van der Waals surface area (Å²) < 4.78 is 13.4. The van der Waals surface area contributed by atoms with Crippen LogP contribution in [0.15, 0.2) is 18.2 Å². The first kappa shape index (κ1) is 16.8. The summed E-state index contributed by atoms with van der Waals surface area (Å²) in [5.74, 6) is 1.82. The zero-order valence-corrected chi connectivity index (χ0v) is 13.9. The third-order valence-electron chi connectivity index (χ3n) is 4.52. The summed E-state index contributed by atoms with van der Waals surface area (Å²) in [6.07, 6.45) is 6.04. The zero-order valence-electron chi connectivity index (χ0n) is 13.2. The minimum Gasteiger partial charge on any atom is -0.316 e. The molecule has 0 spiro atoms. The average Bonchev–Trinajstić information content (AvgIpc) is 2.44. The van der Waals surface area contributed by atoms with Crippen molar-refractivity contribution >= 4 is 11.6 Å². The van der Waals surface area contributed by atoms with E-state index in [-0.39, 0.29) is 5.82 Å². The molecule has 1 N–H and O–H groups in total. The third-order valence-corrected chi connectivity index (χ3v) is 4.88. The Balaban J connectivity index is 1.96. The first-order valence-corrected chi connectivity index (χ1v) is 8.58. The number of benzene rings is 1. The van der Waals surface area contributed by atoms with Gasteiger partial charge >= 0.3 is 0 Å². The number of nitrogens with one attached hydrogen (secondary N) is 1. The van der Waals surface area contributed by atoms with Gasteiger partial charge in [-0.05, 0) is 73.9 Å². The molecule has 1 aromatic rings. The maximum absolute atomic E-state index is 13.4. The van der Waals surface area contributed by atoms with E-state index in [0.29, 0.717) is 22.8 Å². The van der Waals surface area contributed by atoms with Gasteiger partial charge in [-0.25, -0.2) is 4.39 Å². The molecule has 2 rings (SSSR count). The van der Waals surface area contributed by atoms with Crippen molar-refractivity contribution in [1.29, 1.82) is 0 Å². The number of hydrogen-bond donors (Lipinski definition) is 1. The van der Waals surface area contributed by atoms with Crippen molar-refractivity contribution in [2.45, 2.75) is 46.0 Å². The van der Waals surface area contributed by atoms with E-state index in [1.165, 1.54) is 31.7 Å². The summed E-state index contributed by atoms with van der Waals surface area (Å²) in [5, 5.41) is 4.29. The van der Waals surface area contributed by atoms with E-state index in [0.717, 1.165) is 25.1 Å². The molecule has 2 atom stereocenters. The van der Waals surface area contributed by atoms with Gasteiger partial charge in [0.15, 0.2) is 0 Å². The second-order valence-corrected chi connectivity index (χ2v) is 7.20. The summed E-state index contributed by atoms with van der Waals surface area (Å²) in [6.45, 7) is 6.62. The Kier molecular flexibility index (Phi) is 6.50. The van der Waals surface area contributed by atoms with E-state index >= 15 is 0 Å². The highest BCUT2D eigenvalue weighted by molar-refractivity contribution is 6.31. The van der Waals surface area contributed by atoms with E-state index in [1.807, 2.05) is 0 Å². The van der Waals surface area contributed by atoms with E-state index < -0.39 is 0 Å². The van der Waals surface area contributed by atoms with E-state index in [2.05, 4.69) is 19.2 Å². The van der Waals surface area contributed by atoms with Crippen molar-refractivity contribution in [2.75, 3.05) is 13.1 Å². The lowest BCUT2D eigenvalue weighted by molar-refractivity contribution is 0.226. The number of halogens is 2. The Morgan fingerprint density at radius 2 is 1.95 bits per heavy atom. The second-order valence-electron chi connectivity index (χ2n) is 6.80. The summed E-state index contributed by atoms with van der Waals surface area (Å²) >= 11 is 6.23. The van der Waals surface area contributed by atoms with Crippen LogP contribution in [0.5, 0.6) is 0 Å². The molecule has 2 unspecified atom stereocenters. The fraction of sp³-hybridized carbons (Fsp3) is 0.667. The fourth-order valence-electron chi connectivity index (χ4n) is 3.36. The summed E-state index contributed by atoms with van der Waals surface area (Å²) in [6, 6.07) is 4.73. The van der Waals surface area contributed by atoms with Crippen LogP contribution in [0.3, 0.4) is 0 Å². The molecule has 3 heteroatoms. The van der Waals surface area contributed by atoms with E-state index in [1.54, 1.807) is 12.1 Å². The van der Waals surface area contributed by atoms with Gasteiger partial charge in [0.05, 0.1) is 0 Å². The maximum Gasteiger partial charge on any atom is 0.123 e. The molecule has 1 saturated carbocycles. The minimum absolute atomic E-state index is 0.181. The Bertz CT molecular complexity index is 447. The minimum atomic E-state index is -0.181. The van der Waals surface area contributed by atoms with Crippen LogP contribution in [-0.2, 0) is 6.42 Å². The Morgan fingerprint density at radius 1 is 1.24 bits per heavy atom. The van der Waals surface area contributed by atoms with Crippen LogP contribution >= 0.6 is 11.6 Å². The molecule has 0 aromatic heterocycles. The van der Waals surface area contributed by atoms with Crippen molar-refractivity contribution in [3.05, 3.63) is 34.6 Å². The van der Waals surface area contributed by atoms with Gasteiger partial charge in [-0.1, -0.05) is 38.3 Å². The molecule has 0 saturated heterocycles. The quantitative estimate of drug-likeness (QED) is 0.773. The monoisotopic (exact) mass is 311 g/mol. The van der Waals surface area contributed by atoms with Crippen molar-refractivity contribution in [3.8, 4) is 0 Å². The highest BCUT2D eigenvalue weighted by Crippen LogP contribution is 2.34. The third kappa shape index (κ3) is 5.27. The molecular weight excluding hydrogens is 285 g/mol. The van der Waals surface area contributed by atoms with E-state index in [9.17, 15) is 4.39 Å². The summed E-state index contributed by atoms with van der Waals surface area (Å²) in [4.78, 5) is 0. The van der Waals surface area contributed by atoms with Crippen LogP contribution in [0.1, 0.15) is 45.1 Å². The standard InChI is InChI=1S/C18H27ClFN/c1-13(2)11-21-12-15-6-4-3-5-14(15)9-16-10-17(20)7-8-18(16)19/h7-8,10,13-15,21H,3-6,9,11-12H2,1-2H3. The molecule has 0 heterocycles. The first-order chi connectivity index (χ1) is 10.1. The van der Waals surface area contributed by atoms with Gasteiger partial charge in [0.25, 0.3) is 0 Å². The summed E-state index contributed by atoms with van der Waals surface area (Å²) in [7, 11) is 0. The van der Waals surface area contributed by atoms with Crippen LogP contribution in [0.4, 0.5) is 4.39 Å². The fourth-order valence-corrected chi connectivity index (χ4v) is 3.56. The van der Waals surface area contributed by atoms with Crippen molar-refractivity contribution in [1.82, 2.24) is 5.32 Å². The molecule has 0 amide bonds. The van der Waals surface area contributed by atoms with Gasteiger partial charge in [-0.2, -0.15) is 0 Å². The maximum atomic E-state index is 13.4. The normalized spacial score (nSPS) is 22.7. The number of rotatable bonds is 6. The lowest BCUT2D eigenvalue weighted by atomic mass is 9.76. The van der Waals surface area contributed by atoms with Crippen molar-refractivity contribution in [2.24, 2.45) is 17.8 Å². The molecule has 118 valence electrons. The zero-order chi connectivity index (χ0) is 15.2. The van der Waals surface area contributed by atoms with Crippen LogP contribution in [0.2, 0.25) is 5.02 Å². The Hall–Kier alpha value is -0.600. The van der Waals surface area contributed by atoms with Crippen molar-refractivity contribution < 1.29 is 4.39 Å². The lowest BCUT2D eigenvalue weighted by Gasteiger charge is -2.32. The topological polar surface area (TPSA) is 12.0 Å². The molecular formula is C18H27ClFN. The van der Waals surface area contributed by atoms with Gasteiger partial charge in [0, 0.05) is 5.02 Å². The number of hydrogen-bond acceptors (Lipinski definition) is 1. The van der Waals surface area contributed by atoms with Crippen molar-refractivity contribution in [3.63, 3.8) is 0 Å². The van der Waals surface area contributed by atoms with Gasteiger partial charge in [-0.3, -0.25) is 0 Å². The van der Waals surface area contributed by atoms with Gasteiger partial charge in [-0.15, -0.1) is 0 Å². The highest BCUT2D eigenvalue weighted by atomic mass is 35.5. The average molecular weight is 312 g/mol. The molecule has 0 aliphatic heterocycles. The molecule has 1 nitrogen and oxygen atoms in total. The molecule has 1 fully saturated rings.